The molecule has 0 bridgehead atoms. The second-order valence-electron chi connectivity index (χ2n) is 5.67. The summed E-state index contributed by atoms with van der Waals surface area (Å²) in [5.41, 5.74) is 1.69. The van der Waals surface area contributed by atoms with Gasteiger partial charge in [-0.1, -0.05) is 12.1 Å². The highest BCUT2D eigenvalue weighted by Crippen LogP contribution is 2.33. The van der Waals surface area contributed by atoms with Gasteiger partial charge in [-0.3, -0.25) is 0 Å². The van der Waals surface area contributed by atoms with Crippen molar-refractivity contribution in [1.82, 2.24) is 9.78 Å². The molecule has 0 saturated heterocycles. The number of sulfonamides is 1. The van der Waals surface area contributed by atoms with E-state index < -0.39 is 16.0 Å². The molecular weight excluding hydrogens is 330 g/mol. The number of hydrogen-bond acceptors (Lipinski definition) is 5. The lowest BCUT2D eigenvalue weighted by Crippen LogP contribution is -2.31. The molecule has 2 aromatic rings. The number of nitrogens with zero attached hydrogens (tertiary/aromatic N) is 3. The van der Waals surface area contributed by atoms with Crippen molar-refractivity contribution in [3.63, 3.8) is 0 Å². The van der Waals surface area contributed by atoms with E-state index in [1.165, 1.54) is 15.2 Å². The van der Waals surface area contributed by atoms with Gasteiger partial charge in [0.15, 0.2) is 5.82 Å². The lowest BCUT2D eigenvalue weighted by Gasteiger charge is -2.20. The summed E-state index contributed by atoms with van der Waals surface area (Å²) >= 11 is 0. The molecule has 0 atom stereocenters. The molecule has 0 radical (unpaired) electrons. The van der Waals surface area contributed by atoms with E-state index in [9.17, 15) is 13.2 Å². The Morgan fingerprint density at radius 3 is 2.75 bits per heavy atom. The lowest BCUT2D eigenvalue weighted by molar-refractivity contribution is 0.0527. The first-order chi connectivity index (χ1) is 11.4. The lowest BCUT2D eigenvalue weighted by atomic mass is 10.2. The maximum atomic E-state index is 13.1. The van der Waals surface area contributed by atoms with Crippen LogP contribution in [0.5, 0.6) is 0 Å². The van der Waals surface area contributed by atoms with Crippen LogP contribution in [0.1, 0.15) is 28.4 Å². The number of ether oxygens (including phenoxy) is 1. The zero-order valence-corrected chi connectivity index (χ0v) is 14.6. The summed E-state index contributed by atoms with van der Waals surface area (Å²) in [5, 5.41) is 4.11. The van der Waals surface area contributed by atoms with E-state index in [4.69, 9.17) is 4.74 Å². The van der Waals surface area contributed by atoms with Crippen LogP contribution in [-0.4, -0.2) is 37.3 Å². The summed E-state index contributed by atoms with van der Waals surface area (Å²) in [6.07, 6.45) is 1.36. The standard InChI is InChI=1S/C16H19N3O4S/c1-4-23-16(20)13-10-17-18-7-8-19(15(13)18)24(21,22)14-9-11(2)5-6-12(14)3/h5-6,9-10H,4,7-8H2,1-3H3. The van der Waals surface area contributed by atoms with E-state index in [1.54, 1.807) is 26.0 Å². The van der Waals surface area contributed by atoms with Crippen molar-refractivity contribution in [3.05, 3.63) is 41.1 Å². The maximum Gasteiger partial charge on any atom is 0.343 e. The third-order valence-electron chi connectivity index (χ3n) is 3.97. The first-order valence-electron chi connectivity index (χ1n) is 7.69. The molecule has 24 heavy (non-hydrogen) atoms. The number of fused-ring (bicyclic) bond motifs is 1. The molecule has 8 heteroatoms. The topological polar surface area (TPSA) is 81.5 Å². The molecule has 0 amide bonds. The monoisotopic (exact) mass is 349 g/mol. The van der Waals surface area contributed by atoms with Crippen molar-refractivity contribution >= 4 is 21.8 Å². The Morgan fingerprint density at radius 2 is 2.04 bits per heavy atom. The smallest absolute Gasteiger partial charge is 0.343 e. The summed E-state index contributed by atoms with van der Waals surface area (Å²) in [6, 6.07) is 5.29. The molecule has 0 unspecified atom stereocenters. The van der Waals surface area contributed by atoms with Crippen molar-refractivity contribution < 1.29 is 17.9 Å². The van der Waals surface area contributed by atoms with Crippen molar-refractivity contribution in [2.75, 3.05) is 17.5 Å². The van der Waals surface area contributed by atoms with Crippen molar-refractivity contribution in [1.29, 1.82) is 0 Å². The maximum absolute atomic E-state index is 13.1. The van der Waals surface area contributed by atoms with Crippen LogP contribution in [0.25, 0.3) is 0 Å². The zero-order chi connectivity index (χ0) is 17.5. The quantitative estimate of drug-likeness (QED) is 0.787. The fraction of sp³-hybridized carbons (Fsp3) is 0.375. The second kappa shape index (κ2) is 5.94. The van der Waals surface area contributed by atoms with E-state index in [-0.39, 0.29) is 29.4 Å². The van der Waals surface area contributed by atoms with Gasteiger partial charge in [0.25, 0.3) is 10.0 Å². The van der Waals surface area contributed by atoms with Gasteiger partial charge in [-0.15, -0.1) is 0 Å². The Kier molecular flexibility index (Phi) is 4.08. The van der Waals surface area contributed by atoms with Crippen molar-refractivity contribution in [3.8, 4) is 0 Å². The van der Waals surface area contributed by atoms with E-state index in [1.807, 2.05) is 13.0 Å². The normalized spacial score (nSPS) is 13.9. The molecule has 0 N–H and O–H groups in total. The van der Waals surface area contributed by atoms with Crippen LogP contribution in [0.3, 0.4) is 0 Å². The summed E-state index contributed by atoms with van der Waals surface area (Å²) in [7, 11) is -3.78. The first kappa shape index (κ1) is 16.5. The Labute approximate surface area is 140 Å². The number of benzene rings is 1. The summed E-state index contributed by atoms with van der Waals surface area (Å²) in [5.74, 6) is -0.295. The number of aryl methyl sites for hydroxylation is 2. The van der Waals surface area contributed by atoms with Gasteiger partial charge in [0.2, 0.25) is 0 Å². The fourth-order valence-electron chi connectivity index (χ4n) is 2.79. The van der Waals surface area contributed by atoms with Gasteiger partial charge in [0.1, 0.15) is 5.56 Å². The van der Waals surface area contributed by atoms with Gasteiger partial charge in [-0.2, -0.15) is 5.10 Å². The number of rotatable bonds is 4. The number of esters is 1. The van der Waals surface area contributed by atoms with Crippen LogP contribution < -0.4 is 4.31 Å². The minimum absolute atomic E-state index is 0.170. The third kappa shape index (κ3) is 2.56. The molecule has 128 valence electrons. The Balaban J connectivity index is 2.09. The predicted molar refractivity (Wildman–Crippen MR) is 88.6 cm³/mol. The molecule has 1 aliphatic rings. The molecule has 0 aliphatic carbocycles. The molecule has 0 saturated carbocycles. The van der Waals surface area contributed by atoms with E-state index in [2.05, 4.69) is 5.10 Å². The van der Waals surface area contributed by atoms with Crippen LogP contribution in [0, 0.1) is 13.8 Å². The number of anilines is 1. The van der Waals surface area contributed by atoms with Crippen LogP contribution >= 0.6 is 0 Å². The van der Waals surface area contributed by atoms with Crippen molar-refractivity contribution in [2.45, 2.75) is 32.2 Å². The largest absolute Gasteiger partial charge is 0.462 e. The second-order valence-corrected chi connectivity index (χ2v) is 7.50. The molecule has 2 heterocycles. The predicted octanol–water partition coefficient (Wildman–Crippen LogP) is 1.89. The van der Waals surface area contributed by atoms with Gasteiger partial charge in [-0.25, -0.2) is 22.2 Å². The molecule has 1 aliphatic heterocycles. The van der Waals surface area contributed by atoms with Crippen LogP contribution in [0.2, 0.25) is 0 Å². The Hall–Kier alpha value is -2.35. The highest BCUT2D eigenvalue weighted by atomic mass is 32.2. The highest BCUT2D eigenvalue weighted by Gasteiger charge is 2.37. The van der Waals surface area contributed by atoms with Crippen molar-refractivity contribution in [2.24, 2.45) is 0 Å². The summed E-state index contributed by atoms with van der Waals surface area (Å²) in [6.45, 7) is 6.16. The zero-order valence-electron chi connectivity index (χ0n) is 13.8. The average Bonchev–Trinajstić information content (AvgIpc) is 3.11. The molecule has 1 aromatic carbocycles. The molecule has 7 nitrogen and oxygen atoms in total. The van der Waals surface area contributed by atoms with E-state index in [0.29, 0.717) is 12.1 Å². The van der Waals surface area contributed by atoms with E-state index in [0.717, 1.165) is 5.56 Å². The number of hydrogen-bond donors (Lipinski definition) is 0. The van der Waals surface area contributed by atoms with Crippen LogP contribution in [0.4, 0.5) is 5.82 Å². The van der Waals surface area contributed by atoms with Gasteiger partial charge in [0.05, 0.1) is 30.8 Å². The number of carbonyl (C=O) groups is 1. The first-order valence-corrected chi connectivity index (χ1v) is 9.13. The van der Waals surface area contributed by atoms with Crippen LogP contribution in [0.15, 0.2) is 29.3 Å². The summed E-state index contributed by atoms with van der Waals surface area (Å²) < 4.78 is 34.0. The van der Waals surface area contributed by atoms with Gasteiger partial charge in [0, 0.05) is 0 Å². The fourth-order valence-corrected chi connectivity index (χ4v) is 4.58. The van der Waals surface area contributed by atoms with E-state index >= 15 is 0 Å². The van der Waals surface area contributed by atoms with Gasteiger partial charge < -0.3 is 4.74 Å². The average molecular weight is 349 g/mol. The van der Waals surface area contributed by atoms with Gasteiger partial charge in [-0.05, 0) is 38.0 Å². The molecule has 1 aromatic heterocycles. The SMILES string of the molecule is CCOC(=O)c1cnn2c1N(S(=O)(=O)c1cc(C)ccc1C)CC2. The Bertz CT molecular complexity index is 902. The van der Waals surface area contributed by atoms with Gasteiger partial charge >= 0.3 is 5.97 Å². The molecular formula is C16H19N3O4S. The molecule has 0 fully saturated rings. The summed E-state index contributed by atoms with van der Waals surface area (Å²) in [4.78, 5) is 12.3. The minimum atomic E-state index is -3.78. The minimum Gasteiger partial charge on any atom is -0.462 e. The molecule has 3 rings (SSSR count). The Morgan fingerprint density at radius 1 is 1.29 bits per heavy atom. The highest BCUT2D eigenvalue weighted by molar-refractivity contribution is 7.92. The molecule has 0 spiro atoms. The van der Waals surface area contributed by atoms with Crippen LogP contribution in [-0.2, 0) is 21.3 Å². The number of carbonyl (C=O) groups excluding carboxylic acids is 1. The number of aromatic nitrogens is 2. The third-order valence-corrected chi connectivity index (χ3v) is 5.90.